The molecule has 0 saturated carbocycles. The first-order valence-corrected chi connectivity index (χ1v) is 8.77. The highest BCUT2D eigenvalue weighted by atomic mass is 16.4. The Hall–Kier alpha value is -2.37. The van der Waals surface area contributed by atoms with Crippen molar-refractivity contribution in [3.05, 3.63) is 35.4 Å². The molecule has 134 valence electrons. The number of piperidine rings is 1. The normalized spacial score (nSPS) is 22.0. The number of nitrogens with zero attached hydrogens (tertiary/aromatic N) is 1. The molecule has 2 fully saturated rings. The van der Waals surface area contributed by atoms with E-state index in [0.717, 1.165) is 5.56 Å². The summed E-state index contributed by atoms with van der Waals surface area (Å²) >= 11 is 0. The van der Waals surface area contributed by atoms with Crippen LogP contribution in [0.1, 0.15) is 36.8 Å². The minimum atomic E-state index is -0.933. The molecule has 6 nitrogen and oxygen atoms in total. The molecule has 2 amide bonds. The Morgan fingerprint density at radius 2 is 1.88 bits per heavy atom. The number of carbonyl (C=O) groups is 3. The minimum absolute atomic E-state index is 0.0384. The third-order valence-electron chi connectivity index (χ3n) is 5.50. The highest BCUT2D eigenvalue weighted by Crippen LogP contribution is 2.37. The van der Waals surface area contributed by atoms with Gasteiger partial charge in [-0.2, -0.15) is 0 Å². The zero-order chi connectivity index (χ0) is 18.0. The molecule has 2 heterocycles. The van der Waals surface area contributed by atoms with Gasteiger partial charge in [0.2, 0.25) is 11.8 Å². The van der Waals surface area contributed by atoms with E-state index in [1.54, 1.807) is 4.90 Å². The molecule has 1 unspecified atom stereocenters. The lowest BCUT2D eigenvalue weighted by Crippen LogP contribution is -2.56. The number of hydrogen-bond acceptors (Lipinski definition) is 3. The summed E-state index contributed by atoms with van der Waals surface area (Å²) in [6.45, 7) is 3.03. The van der Waals surface area contributed by atoms with Gasteiger partial charge in [-0.3, -0.25) is 14.4 Å². The summed E-state index contributed by atoms with van der Waals surface area (Å²) in [6, 6.07) is 8.16. The van der Waals surface area contributed by atoms with Gasteiger partial charge in [-0.25, -0.2) is 0 Å². The van der Waals surface area contributed by atoms with Crippen LogP contribution in [0.3, 0.4) is 0 Å². The van der Waals surface area contributed by atoms with E-state index in [0.29, 0.717) is 38.8 Å². The zero-order valence-corrected chi connectivity index (χ0v) is 14.5. The summed E-state index contributed by atoms with van der Waals surface area (Å²) in [4.78, 5) is 37.4. The molecule has 1 spiro atoms. The third kappa shape index (κ3) is 3.67. The van der Waals surface area contributed by atoms with Gasteiger partial charge >= 0.3 is 5.97 Å². The SMILES string of the molecule is Cc1ccc(CCC(=O)N2CCC3(CC2)NC(=O)CC3C(=O)O)cc1. The first-order chi connectivity index (χ1) is 11.9. The average Bonchev–Trinajstić information content (AvgIpc) is 2.91. The summed E-state index contributed by atoms with van der Waals surface area (Å²) in [5, 5.41) is 12.2. The number of likely N-dealkylation sites (tertiary alicyclic amines) is 1. The number of aryl methyl sites for hydroxylation is 2. The molecule has 0 aromatic heterocycles. The summed E-state index contributed by atoms with van der Waals surface area (Å²) in [6.07, 6.45) is 2.20. The van der Waals surface area contributed by atoms with E-state index in [1.165, 1.54) is 5.56 Å². The third-order valence-corrected chi connectivity index (χ3v) is 5.50. The molecule has 2 aliphatic rings. The second kappa shape index (κ2) is 6.86. The molecule has 2 aliphatic heterocycles. The fraction of sp³-hybridized carbons (Fsp3) is 0.526. The topological polar surface area (TPSA) is 86.7 Å². The summed E-state index contributed by atoms with van der Waals surface area (Å²) in [5.41, 5.74) is 1.65. The predicted octanol–water partition coefficient (Wildman–Crippen LogP) is 1.51. The molecule has 2 saturated heterocycles. The van der Waals surface area contributed by atoms with Crippen molar-refractivity contribution in [2.24, 2.45) is 5.92 Å². The van der Waals surface area contributed by atoms with Crippen LogP contribution in [0.15, 0.2) is 24.3 Å². The van der Waals surface area contributed by atoms with Crippen LogP contribution in [0.5, 0.6) is 0 Å². The number of carbonyl (C=O) groups excluding carboxylic acids is 2. The van der Waals surface area contributed by atoms with Crippen molar-refractivity contribution in [2.45, 2.75) is 44.6 Å². The van der Waals surface area contributed by atoms with Crippen molar-refractivity contribution in [3.8, 4) is 0 Å². The number of hydrogen-bond donors (Lipinski definition) is 2. The number of nitrogens with one attached hydrogen (secondary N) is 1. The molecule has 0 radical (unpaired) electrons. The molecule has 0 aliphatic carbocycles. The van der Waals surface area contributed by atoms with Gasteiger partial charge in [0.15, 0.2) is 0 Å². The molecule has 2 N–H and O–H groups in total. The number of carboxylic acids is 1. The van der Waals surface area contributed by atoms with E-state index < -0.39 is 17.4 Å². The Labute approximate surface area is 147 Å². The lowest BCUT2D eigenvalue weighted by atomic mass is 9.77. The van der Waals surface area contributed by atoms with Crippen LogP contribution < -0.4 is 5.32 Å². The van der Waals surface area contributed by atoms with Gasteiger partial charge in [0.25, 0.3) is 0 Å². The Morgan fingerprint density at radius 1 is 1.24 bits per heavy atom. The fourth-order valence-electron chi connectivity index (χ4n) is 3.91. The van der Waals surface area contributed by atoms with Gasteiger partial charge in [0, 0.05) is 25.9 Å². The molecular weight excluding hydrogens is 320 g/mol. The van der Waals surface area contributed by atoms with Crippen molar-refractivity contribution in [2.75, 3.05) is 13.1 Å². The zero-order valence-electron chi connectivity index (χ0n) is 14.5. The van der Waals surface area contributed by atoms with Gasteiger partial charge in [0.05, 0.1) is 11.5 Å². The summed E-state index contributed by atoms with van der Waals surface area (Å²) < 4.78 is 0. The van der Waals surface area contributed by atoms with Gasteiger partial charge in [-0.1, -0.05) is 29.8 Å². The number of aliphatic carboxylic acids is 1. The lowest BCUT2D eigenvalue weighted by molar-refractivity contribution is -0.145. The average molecular weight is 344 g/mol. The summed E-state index contributed by atoms with van der Waals surface area (Å²) in [7, 11) is 0. The largest absolute Gasteiger partial charge is 0.481 e. The van der Waals surface area contributed by atoms with Gasteiger partial charge in [-0.15, -0.1) is 0 Å². The highest BCUT2D eigenvalue weighted by Gasteiger charge is 2.51. The van der Waals surface area contributed by atoms with E-state index in [9.17, 15) is 19.5 Å². The Balaban J connectivity index is 1.54. The smallest absolute Gasteiger partial charge is 0.309 e. The van der Waals surface area contributed by atoms with Gasteiger partial charge < -0.3 is 15.3 Å². The second-order valence-corrected chi connectivity index (χ2v) is 7.17. The molecule has 0 bridgehead atoms. The van der Waals surface area contributed by atoms with Gasteiger partial charge in [-0.05, 0) is 31.7 Å². The van der Waals surface area contributed by atoms with Crippen molar-refractivity contribution in [1.82, 2.24) is 10.2 Å². The van der Waals surface area contributed by atoms with Crippen LogP contribution in [0, 0.1) is 12.8 Å². The van der Waals surface area contributed by atoms with Crippen molar-refractivity contribution >= 4 is 17.8 Å². The number of benzene rings is 1. The van der Waals surface area contributed by atoms with E-state index in [-0.39, 0.29) is 18.2 Å². The predicted molar refractivity (Wildman–Crippen MR) is 91.9 cm³/mol. The quantitative estimate of drug-likeness (QED) is 0.867. The highest BCUT2D eigenvalue weighted by molar-refractivity contribution is 5.88. The monoisotopic (exact) mass is 344 g/mol. The first-order valence-electron chi connectivity index (χ1n) is 8.77. The van der Waals surface area contributed by atoms with Crippen LogP contribution in [0.25, 0.3) is 0 Å². The van der Waals surface area contributed by atoms with Crippen LogP contribution >= 0.6 is 0 Å². The van der Waals surface area contributed by atoms with Gasteiger partial charge in [0.1, 0.15) is 0 Å². The van der Waals surface area contributed by atoms with Crippen LogP contribution in [-0.4, -0.2) is 46.4 Å². The van der Waals surface area contributed by atoms with E-state index in [1.807, 2.05) is 31.2 Å². The maximum absolute atomic E-state index is 12.4. The van der Waals surface area contributed by atoms with Crippen LogP contribution in [0.2, 0.25) is 0 Å². The van der Waals surface area contributed by atoms with E-state index >= 15 is 0 Å². The number of amides is 2. The van der Waals surface area contributed by atoms with Crippen molar-refractivity contribution in [3.63, 3.8) is 0 Å². The first kappa shape index (κ1) is 17.5. The van der Waals surface area contributed by atoms with Crippen LogP contribution in [-0.2, 0) is 20.8 Å². The van der Waals surface area contributed by atoms with Crippen molar-refractivity contribution in [1.29, 1.82) is 0 Å². The molecule has 25 heavy (non-hydrogen) atoms. The maximum atomic E-state index is 12.4. The molecule has 6 heteroatoms. The number of carboxylic acid groups (broad SMARTS) is 1. The van der Waals surface area contributed by atoms with E-state index in [4.69, 9.17) is 0 Å². The molecule has 3 rings (SSSR count). The molecule has 1 aromatic rings. The van der Waals surface area contributed by atoms with E-state index in [2.05, 4.69) is 5.32 Å². The fourth-order valence-corrected chi connectivity index (χ4v) is 3.91. The second-order valence-electron chi connectivity index (χ2n) is 7.17. The maximum Gasteiger partial charge on any atom is 0.309 e. The lowest BCUT2D eigenvalue weighted by Gasteiger charge is -2.41. The standard InChI is InChI=1S/C19H24N2O4/c1-13-2-4-14(5-3-13)6-7-17(23)21-10-8-19(9-11-21)15(18(24)25)12-16(22)20-19/h2-5,15H,6-12H2,1H3,(H,20,22)(H,24,25). The van der Waals surface area contributed by atoms with Crippen LogP contribution in [0.4, 0.5) is 0 Å². The molecular formula is C19H24N2O4. The molecule has 1 aromatic carbocycles. The Bertz CT molecular complexity index is 675. The summed E-state index contributed by atoms with van der Waals surface area (Å²) in [5.74, 6) is -1.74. The molecule has 1 atom stereocenters. The Kier molecular flexibility index (Phi) is 4.79. The minimum Gasteiger partial charge on any atom is -0.481 e. The number of rotatable bonds is 4. The van der Waals surface area contributed by atoms with Crippen molar-refractivity contribution < 1.29 is 19.5 Å². The Morgan fingerprint density at radius 3 is 2.48 bits per heavy atom.